The maximum absolute atomic E-state index is 13.1. The van der Waals surface area contributed by atoms with Crippen molar-refractivity contribution in [3.8, 4) is 0 Å². The third kappa shape index (κ3) is 4.64. The van der Waals surface area contributed by atoms with E-state index in [9.17, 15) is 4.79 Å². The minimum atomic E-state index is -0.322. The van der Waals surface area contributed by atoms with Gasteiger partial charge in [0.25, 0.3) is 0 Å². The average Bonchev–Trinajstić information content (AvgIpc) is 3.14. The number of nitrogens with two attached hydrogens (primary N) is 1. The molecule has 2 aliphatic rings. The summed E-state index contributed by atoms with van der Waals surface area (Å²) in [6.45, 7) is 4.54. The summed E-state index contributed by atoms with van der Waals surface area (Å²) in [7, 11) is 0. The van der Waals surface area contributed by atoms with Gasteiger partial charge >= 0.3 is 5.97 Å². The lowest BCUT2D eigenvalue weighted by atomic mass is 9.73. The van der Waals surface area contributed by atoms with Gasteiger partial charge in [-0.05, 0) is 106 Å². The quantitative estimate of drug-likeness (QED) is 0.288. The standard InChI is InChI=1S/C19H24I3NO2/c1-19(12-4-2-3-5-12,13-6-8-23-9-7-13)25-18(24)15-10-14(20)11-16(21)17(15)22/h10-13,23H,2-9H2,1H3/p+1. The number of esters is 1. The first kappa shape index (κ1) is 20.6. The number of carbonyl (C=O) groups excluding carboxylic acids is 1. The van der Waals surface area contributed by atoms with Crippen molar-refractivity contribution in [2.45, 2.75) is 51.0 Å². The first-order valence-corrected chi connectivity index (χ1v) is 12.3. The zero-order chi connectivity index (χ0) is 18.0. The fraction of sp³-hybridized carbons (Fsp3) is 0.632. The van der Waals surface area contributed by atoms with E-state index in [1.165, 1.54) is 25.7 Å². The van der Waals surface area contributed by atoms with Crippen LogP contribution in [0.3, 0.4) is 0 Å². The van der Waals surface area contributed by atoms with Gasteiger partial charge in [-0.25, -0.2) is 4.79 Å². The summed E-state index contributed by atoms with van der Waals surface area (Å²) in [5.74, 6) is 0.868. The van der Waals surface area contributed by atoms with Gasteiger partial charge in [0.2, 0.25) is 0 Å². The SMILES string of the molecule is CC(OC(=O)c1cc(I)cc(I)c1I)(C1CCCC1)C1CC[NH2+]CC1. The van der Waals surface area contributed by atoms with Crippen LogP contribution >= 0.6 is 67.8 Å². The minimum absolute atomic E-state index is 0.134. The molecule has 0 radical (unpaired) electrons. The Bertz CT molecular complexity index is 640. The summed E-state index contributed by atoms with van der Waals surface area (Å²) in [4.78, 5) is 13.1. The lowest BCUT2D eigenvalue weighted by Crippen LogP contribution is -2.87. The Balaban J connectivity index is 1.88. The second-order valence-corrected chi connectivity index (χ2v) is 10.9. The number of quaternary nitrogens is 1. The monoisotopic (exact) mass is 680 g/mol. The second kappa shape index (κ2) is 8.89. The Labute approximate surface area is 191 Å². The van der Waals surface area contributed by atoms with Crippen molar-refractivity contribution >= 4 is 73.7 Å². The number of ether oxygens (including phenoxy) is 1. The molecule has 1 aromatic carbocycles. The largest absolute Gasteiger partial charge is 0.455 e. The molecule has 6 heteroatoms. The highest BCUT2D eigenvalue weighted by Gasteiger charge is 2.46. The van der Waals surface area contributed by atoms with E-state index >= 15 is 0 Å². The van der Waals surface area contributed by atoms with Crippen LogP contribution in [0.4, 0.5) is 0 Å². The molecule has 1 aliphatic carbocycles. The predicted molar refractivity (Wildman–Crippen MR) is 125 cm³/mol. The van der Waals surface area contributed by atoms with Crippen LogP contribution < -0.4 is 5.32 Å². The Morgan fingerprint density at radius 1 is 1.08 bits per heavy atom. The van der Waals surface area contributed by atoms with Crippen LogP contribution in [-0.4, -0.2) is 24.7 Å². The molecule has 0 bridgehead atoms. The second-order valence-electron chi connectivity index (χ2n) is 7.44. The fourth-order valence-electron chi connectivity index (χ4n) is 4.46. The summed E-state index contributed by atoms with van der Waals surface area (Å²) in [5.41, 5.74) is 0.404. The van der Waals surface area contributed by atoms with Gasteiger partial charge in [-0.2, -0.15) is 0 Å². The first-order chi connectivity index (χ1) is 11.9. The van der Waals surface area contributed by atoms with Gasteiger partial charge in [0.1, 0.15) is 5.60 Å². The molecule has 1 aliphatic heterocycles. The van der Waals surface area contributed by atoms with E-state index in [0.717, 1.165) is 42.2 Å². The van der Waals surface area contributed by atoms with Crippen molar-refractivity contribution < 1.29 is 14.8 Å². The molecular weight excluding hydrogens is 655 g/mol. The number of hydrogen-bond acceptors (Lipinski definition) is 2. The Hall–Kier alpha value is 0.840. The number of halogens is 3. The highest BCUT2D eigenvalue weighted by Crippen LogP contribution is 2.44. The third-order valence-electron chi connectivity index (χ3n) is 5.94. The van der Waals surface area contributed by atoms with Crippen molar-refractivity contribution in [1.82, 2.24) is 0 Å². The van der Waals surface area contributed by atoms with E-state index in [-0.39, 0.29) is 11.6 Å². The molecule has 3 nitrogen and oxygen atoms in total. The van der Waals surface area contributed by atoms with Crippen LogP contribution in [0.25, 0.3) is 0 Å². The summed E-state index contributed by atoms with van der Waals surface area (Å²) < 4.78 is 9.59. The van der Waals surface area contributed by atoms with E-state index in [0.29, 0.717) is 11.8 Å². The van der Waals surface area contributed by atoms with E-state index in [4.69, 9.17) is 4.74 Å². The zero-order valence-electron chi connectivity index (χ0n) is 14.5. The van der Waals surface area contributed by atoms with Crippen LogP contribution in [-0.2, 0) is 4.74 Å². The normalized spacial score (nSPS) is 21.9. The number of benzene rings is 1. The smallest absolute Gasteiger partial charge is 0.339 e. The molecule has 1 saturated heterocycles. The lowest BCUT2D eigenvalue weighted by molar-refractivity contribution is -0.666. The van der Waals surface area contributed by atoms with Gasteiger partial charge in [-0.15, -0.1) is 0 Å². The number of piperidine rings is 1. The van der Waals surface area contributed by atoms with E-state index in [1.54, 1.807) is 0 Å². The molecule has 1 aromatic rings. The number of rotatable bonds is 4. The zero-order valence-corrected chi connectivity index (χ0v) is 21.0. The van der Waals surface area contributed by atoms with Crippen molar-refractivity contribution in [2.75, 3.05) is 13.1 Å². The first-order valence-electron chi connectivity index (χ1n) is 9.11. The van der Waals surface area contributed by atoms with Crippen LogP contribution in [0.5, 0.6) is 0 Å². The molecule has 1 heterocycles. The van der Waals surface area contributed by atoms with Crippen LogP contribution in [0.1, 0.15) is 55.8 Å². The molecule has 2 N–H and O–H groups in total. The maximum atomic E-state index is 13.1. The highest BCUT2D eigenvalue weighted by molar-refractivity contribution is 14.1. The summed E-state index contributed by atoms with van der Waals surface area (Å²) in [6.07, 6.45) is 7.25. The molecule has 3 rings (SSSR count). The number of hydrogen-bond donors (Lipinski definition) is 1. The van der Waals surface area contributed by atoms with Gasteiger partial charge in [0, 0.05) is 29.5 Å². The molecule has 2 fully saturated rings. The summed E-state index contributed by atoms with van der Waals surface area (Å²) in [5, 5.41) is 2.39. The van der Waals surface area contributed by atoms with E-state index in [1.807, 2.05) is 6.07 Å². The molecule has 0 aromatic heterocycles. The molecule has 0 spiro atoms. The molecule has 138 valence electrons. The van der Waals surface area contributed by atoms with Crippen molar-refractivity contribution in [3.63, 3.8) is 0 Å². The number of carbonyl (C=O) groups is 1. The van der Waals surface area contributed by atoms with Crippen LogP contribution in [0.2, 0.25) is 0 Å². The summed E-state index contributed by atoms with van der Waals surface area (Å²) >= 11 is 6.86. The van der Waals surface area contributed by atoms with Crippen molar-refractivity contribution in [2.24, 2.45) is 11.8 Å². The topological polar surface area (TPSA) is 42.9 Å². The van der Waals surface area contributed by atoms with Gasteiger partial charge in [0.15, 0.2) is 0 Å². The maximum Gasteiger partial charge on any atom is 0.339 e. The van der Waals surface area contributed by atoms with Crippen LogP contribution in [0, 0.1) is 22.5 Å². The minimum Gasteiger partial charge on any atom is -0.455 e. The molecule has 25 heavy (non-hydrogen) atoms. The van der Waals surface area contributed by atoms with Crippen LogP contribution in [0.15, 0.2) is 12.1 Å². The molecule has 1 saturated carbocycles. The van der Waals surface area contributed by atoms with Gasteiger partial charge in [0.05, 0.1) is 18.7 Å². The van der Waals surface area contributed by atoms with Crippen molar-refractivity contribution in [3.05, 3.63) is 28.4 Å². The Kier molecular flexibility index (Phi) is 7.32. The van der Waals surface area contributed by atoms with Gasteiger partial charge < -0.3 is 10.1 Å². The highest BCUT2D eigenvalue weighted by atomic mass is 127. The van der Waals surface area contributed by atoms with E-state index in [2.05, 4.69) is 86.1 Å². The summed E-state index contributed by atoms with van der Waals surface area (Å²) in [6, 6.07) is 4.07. The third-order valence-corrected chi connectivity index (χ3v) is 9.61. The lowest BCUT2D eigenvalue weighted by Gasteiger charge is -2.43. The van der Waals surface area contributed by atoms with E-state index < -0.39 is 0 Å². The Morgan fingerprint density at radius 3 is 2.32 bits per heavy atom. The van der Waals surface area contributed by atoms with Crippen molar-refractivity contribution in [1.29, 1.82) is 0 Å². The molecular formula is C19H25I3NO2+. The predicted octanol–water partition coefficient (Wildman–Crippen LogP) is 4.58. The molecule has 0 amide bonds. The fourth-order valence-corrected chi connectivity index (χ4v) is 6.83. The molecule has 1 unspecified atom stereocenters. The average molecular weight is 680 g/mol. The Morgan fingerprint density at radius 2 is 1.68 bits per heavy atom. The molecule has 1 atom stereocenters. The van der Waals surface area contributed by atoms with Gasteiger partial charge in [-0.3, -0.25) is 0 Å². The van der Waals surface area contributed by atoms with Gasteiger partial charge in [-0.1, -0.05) is 12.8 Å².